The van der Waals surface area contributed by atoms with Gasteiger partial charge < -0.3 is 5.32 Å². The molecule has 0 radical (unpaired) electrons. The molecule has 0 aliphatic heterocycles. The molecule has 0 saturated carbocycles. The van der Waals surface area contributed by atoms with Gasteiger partial charge in [-0.05, 0) is 69.3 Å². The number of rotatable bonds is 5. The van der Waals surface area contributed by atoms with Gasteiger partial charge in [0.25, 0.3) is 5.91 Å². The van der Waals surface area contributed by atoms with Crippen molar-refractivity contribution < 1.29 is 14.0 Å². The molecule has 0 unspecified atom stereocenters. The summed E-state index contributed by atoms with van der Waals surface area (Å²) in [4.78, 5) is 36.5. The van der Waals surface area contributed by atoms with Crippen LogP contribution in [0.4, 0.5) is 10.1 Å². The van der Waals surface area contributed by atoms with Gasteiger partial charge in [-0.3, -0.25) is 19.5 Å². The van der Waals surface area contributed by atoms with Crippen molar-refractivity contribution in [1.82, 2.24) is 15.3 Å². The van der Waals surface area contributed by atoms with Crippen molar-refractivity contribution in [2.24, 2.45) is 0 Å². The Morgan fingerprint density at radius 3 is 2.29 bits per heavy atom. The maximum absolute atomic E-state index is 13.6. The van der Waals surface area contributed by atoms with Gasteiger partial charge in [0, 0.05) is 23.6 Å². The van der Waals surface area contributed by atoms with E-state index < -0.39 is 29.2 Å². The second kappa shape index (κ2) is 9.22. The van der Waals surface area contributed by atoms with Crippen LogP contribution in [0.2, 0.25) is 5.15 Å². The number of aromatic nitrogens is 2. The lowest BCUT2D eigenvalue weighted by Gasteiger charge is -2.33. The predicted molar refractivity (Wildman–Crippen MR) is 117 cm³/mol. The van der Waals surface area contributed by atoms with Gasteiger partial charge in [-0.15, -0.1) is 0 Å². The Morgan fingerprint density at radius 2 is 1.74 bits per heavy atom. The molecule has 0 aliphatic rings. The van der Waals surface area contributed by atoms with Crippen LogP contribution in [-0.2, 0) is 4.79 Å². The van der Waals surface area contributed by atoms with Crippen molar-refractivity contribution >= 4 is 29.1 Å². The molecule has 2 heterocycles. The zero-order valence-electron chi connectivity index (χ0n) is 17.3. The Morgan fingerprint density at radius 1 is 1.03 bits per heavy atom. The first-order chi connectivity index (χ1) is 14.7. The molecule has 3 rings (SSSR count). The predicted octanol–water partition coefficient (Wildman–Crippen LogP) is 4.57. The number of hydrogen-bond donors (Lipinski definition) is 1. The maximum atomic E-state index is 13.6. The van der Waals surface area contributed by atoms with E-state index in [9.17, 15) is 14.0 Å². The minimum atomic E-state index is -1.10. The second-order valence-corrected chi connectivity index (χ2v) is 8.30. The average Bonchev–Trinajstić information content (AvgIpc) is 2.72. The lowest BCUT2D eigenvalue weighted by molar-refractivity contribution is -0.124. The van der Waals surface area contributed by atoms with Gasteiger partial charge >= 0.3 is 0 Å². The quantitative estimate of drug-likeness (QED) is 0.589. The molecule has 0 aliphatic carbocycles. The number of carbonyl (C=O) groups excluding carboxylic acids is 2. The minimum absolute atomic E-state index is 0.221. The van der Waals surface area contributed by atoms with E-state index in [2.05, 4.69) is 15.3 Å². The van der Waals surface area contributed by atoms with Gasteiger partial charge in [-0.2, -0.15) is 0 Å². The minimum Gasteiger partial charge on any atom is -0.349 e. The number of benzene rings is 1. The summed E-state index contributed by atoms with van der Waals surface area (Å²) in [6, 6.07) is 12.4. The largest absolute Gasteiger partial charge is 0.349 e. The Balaban J connectivity index is 2.16. The van der Waals surface area contributed by atoms with E-state index in [1.807, 2.05) is 20.8 Å². The summed E-state index contributed by atoms with van der Waals surface area (Å²) >= 11 is 5.86. The molecule has 0 saturated heterocycles. The molecule has 160 valence electrons. The van der Waals surface area contributed by atoms with Crippen LogP contribution >= 0.6 is 11.6 Å². The van der Waals surface area contributed by atoms with Gasteiger partial charge in [-0.25, -0.2) is 9.37 Å². The number of anilines is 1. The van der Waals surface area contributed by atoms with Crippen molar-refractivity contribution in [3.63, 3.8) is 0 Å². The number of halogens is 2. The summed E-state index contributed by atoms with van der Waals surface area (Å²) in [5.74, 6) is -1.39. The van der Waals surface area contributed by atoms with E-state index >= 15 is 0 Å². The SMILES string of the molecule is CC(C)(C)NC(=O)[C@@H](c1ccccn1)N(C(=O)c1ccc(Cl)nc1)c1ccc(F)cc1. The molecule has 31 heavy (non-hydrogen) atoms. The highest BCUT2D eigenvalue weighted by Gasteiger charge is 2.36. The highest BCUT2D eigenvalue weighted by molar-refractivity contribution is 6.29. The van der Waals surface area contributed by atoms with Crippen LogP contribution in [0.15, 0.2) is 67.0 Å². The van der Waals surface area contributed by atoms with Crippen LogP contribution in [0.25, 0.3) is 0 Å². The first-order valence-corrected chi connectivity index (χ1v) is 9.97. The van der Waals surface area contributed by atoms with Crippen LogP contribution < -0.4 is 10.2 Å². The molecule has 0 spiro atoms. The molecule has 0 fully saturated rings. The summed E-state index contributed by atoms with van der Waals surface area (Å²) in [7, 11) is 0. The third-order valence-electron chi connectivity index (χ3n) is 4.27. The smallest absolute Gasteiger partial charge is 0.260 e. The van der Waals surface area contributed by atoms with Gasteiger partial charge in [-0.1, -0.05) is 17.7 Å². The number of nitrogens with zero attached hydrogens (tertiary/aromatic N) is 3. The fraction of sp³-hybridized carbons (Fsp3) is 0.217. The van der Waals surface area contributed by atoms with Gasteiger partial charge in [0.1, 0.15) is 11.0 Å². The fourth-order valence-corrected chi connectivity index (χ4v) is 3.10. The van der Waals surface area contributed by atoms with Crippen LogP contribution in [0.3, 0.4) is 0 Å². The van der Waals surface area contributed by atoms with Crippen molar-refractivity contribution in [3.8, 4) is 0 Å². The molecular weight excluding hydrogens is 419 g/mol. The van der Waals surface area contributed by atoms with E-state index in [0.717, 1.165) is 0 Å². The third kappa shape index (κ3) is 5.64. The van der Waals surface area contributed by atoms with Crippen LogP contribution in [0.1, 0.15) is 42.9 Å². The zero-order chi connectivity index (χ0) is 22.6. The maximum Gasteiger partial charge on any atom is 0.260 e. The number of pyridine rings is 2. The van der Waals surface area contributed by atoms with E-state index in [0.29, 0.717) is 11.4 Å². The molecule has 2 aromatic heterocycles. The number of nitrogens with one attached hydrogen (secondary N) is 1. The lowest BCUT2D eigenvalue weighted by Crippen LogP contribution is -2.49. The van der Waals surface area contributed by atoms with Gasteiger partial charge in [0.05, 0.1) is 11.3 Å². The number of amides is 2. The molecule has 2 amide bonds. The topological polar surface area (TPSA) is 75.2 Å². The van der Waals surface area contributed by atoms with Crippen molar-refractivity contribution in [2.45, 2.75) is 32.4 Å². The zero-order valence-corrected chi connectivity index (χ0v) is 18.1. The molecule has 0 bridgehead atoms. The summed E-state index contributed by atoms with van der Waals surface area (Å²) < 4.78 is 13.6. The molecule has 6 nitrogen and oxygen atoms in total. The standard InChI is InChI=1S/C23H22ClFN4O2/c1-23(2,3)28-21(30)20(18-6-4-5-13-26-18)29(17-10-8-16(25)9-11-17)22(31)15-7-12-19(24)27-14-15/h4-14,20H,1-3H3,(H,28,30)/t20-/m1/s1. The van der Waals surface area contributed by atoms with E-state index in [1.165, 1.54) is 47.5 Å². The van der Waals surface area contributed by atoms with E-state index in [-0.39, 0.29) is 10.7 Å². The van der Waals surface area contributed by atoms with Crippen molar-refractivity contribution in [3.05, 3.63) is 89.2 Å². The van der Waals surface area contributed by atoms with Gasteiger partial charge in [0.2, 0.25) is 5.91 Å². The second-order valence-electron chi connectivity index (χ2n) is 7.92. The molecule has 1 aromatic carbocycles. The molecule has 3 aromatic rings. The third-order valence-corrected chi connectivity index (χ3v) is 4.49. The normalized spacial score (nSPS) is 12.2. The van der Waals surface area contributed by atoms with Gasteiger partial charge in [0.15, 0.2) is 6.04 Å². The highest BCUT2D eigenvalue weighted by Crippen LogP contribution is 2.29. The highest BCUT2D eigenvalue weighted by atomic mass is 35.5. The molecule has 1 N–H and O–H groups in total. The molecule has 1 atom stereocenters. The summed E-state index contributed by atoms with van der Waals surface area (Å²) in [6.07, 6.45) is 2.88. The first kappa shape index (κ1) is 22.4. The molecular formula is C23H22ClFN4O2. The van der Waals surface area contributed by atoms with Crippen LogP contribution in [0.5, 0.6) is 0 Å². The van der Waals surface area contributed by atoms with Crippen LogP contribution in [0, 0.1) is 5.82 Å². The van der Waals surface area contributed by atoms with Crippen molar-refractivity contribution in [1.29, 1.82) is 0 Å². The van der Waals surface area contributed by atoms with Crippen LogP contribution in [-0.4, -0.2) is 27.3 Å². The molecule has 8 heteroatoms. The lowest BCUT2D eigenvalue weighted by atomic mass is 10.0. The first-order valence-electron chi connectivity index (χ1n) is 9.59. The summed E-state index contributed by atoms with van der Waals surface area (Å²) in [5.41, 5.74) is 0.367. The summed E-state index contributed by atoms with van der Waals surface area (Å²) in [5, 5.41) is 3.14. The van der Waals surface area contributed by atoms with E-state index in [1.54, 1.807) is 24.4 Å². The fourth-order valence-electron chi connectivity index (χ4n) is 2.99. The summed E-state index contributed by atoms with van der Waals surface area (Å²) in [6.45, 7) is 5.52. The monoisotopic (exact) mass is 440 g/mol. The Bertz CT molecular complexity index is 1050. The van der Waals surface area contributed by atoms with E-state index in [4.69, 9.17) is 11.6 Å². The van der Waals surface area contributed by atoms with Crippen molar-refractivity contribution in [2.75, 3.05) is 4.90 Å². The number of carbonyl (C=O) groups is 2. The Hall–Kier alpha value is -3.32. The Kier molecular flexibility index (Phi) is 6.65. The number of hydrogen-bond acceptors (Lipinski definition) is 4. The Labute approximate surface area is 185 Å². The average molecular weight is 441 g/mol.